The van der Waals surface area contributed by atoms with Crippen molar-refractivity contribution < 1.29 is 4.74 Å². The Morgan fingerprint density at radius 1 is 1.46 bits per heavy atom. The number of ether oxygens (including phenoxy) is 1. The Bertz CT molecular complexity index is 178. The van der Waals surface area contributed by atoms with Crippen molar-refractivity contribution in [3.05, 3.63) is 0 Å². The lowest BCUT2D eigenvalue weighted by Crippen LogP contribution is -2.72. The zero-order valence-corrected chi connectivity index (χ0v) is 8.60. The third kappa shape index (κ3) is 2.03. The van der Waals surface area contributed by atoms with E-state index in [1.807, 2.05) is 0 Å². The van der Waals surface area contributed by atoms with E-state index in [9.17, 15) is 0 Å². The van der Waals surface area contributed by atoms with E-state index in [1.165, 1.54) is 6.42 Å². The van der Waals surface area contributed by atoms with Gasteiger partial charge in [0, 0.05) is 19.1 Å². The van der Waals surface area contributed by atoms with Gasteiger partial charge < -0.3 is 15.4 Å². The summed E-state index contributed by atoms with van der Waals surface area (Å²) in [5.74, 6) is 0.774. The summed E-state index contributed by atoms with van der Waals surface area (Å²) in [5, 5.41) is 7.20. The molecule has 0 aliphatic carbocycles. The molecule has 0 saturated carbocycles. The van der Waals surface area contributed by atoms with Crippen LogP contribution >= 0.6 is 0 Å². The van der Waals surface area contributed by atoms with Gasteiger partial charge in [-0.1, -0.05) is 13.8 Å². The van der Waals surface area contributed by atoms with Gasteiger partial charge in [0.05, 0.1) is 18.8 Å². The minimum absolute atomic E-state index is 0.276. The van der Waals surface area contributed by atoms with Crippen molar-refractivity contribution in [3.63, 3.8) is 0 Å². The molecule has 0 radical (unpaired) electrons. The fraction of sp³-hybridized carbons (Fsp3) is 1.00. The SMILES string of the molecule is CC(C)CC1CNCC2(COC2)N1. The minimum atomic E-state index is 0.276. The predicted octanol–water partition coefficient (Wildman–Crippen LogP) is 0.363. The molecule has 0 aromatic rings. The largest absolute Gasteiger partial charge is 0.377 e. The van der Waals surface area contributed by atoms with Gasteiger partial charge in [0.1, 0.15) is 0 Å². The van der Waals surface area contributed by atoms with E-state index in [1.54, 1.807) is 0 Å². The molecule has 1 spiro atoms. The van der Waals surface area contributed by atoms with E-state index in [2.05, 4.69) is 24.5 Å². The third-order valence-electron chi connectivity index (χ3n) is 2.88. The summed E-state index contributed by atoms with van der Waals surface area (Å²) in [4.78, 5) is 0. The van der Waals surface area contributed by atoms with Crippen LogP contribution in [0.5, 0.6) is 0 Å². The minimum Gasteiger partial charge on any atom is -0.377 e. The molecule has 0 amide bonds. The first kappa shape index (κ1) is 9.44. The summed E-state index contributed by atoms with van der Waals surface area (Å²) in [5.41, 5.74) is 0.276. The second kappa shape index (κ2) is 3.56. The number of hydrogen-bond acceptors (Lipinski definition) is 3. The summed E-state index contributed by atoms with van der Waals surface area (Å²) < 4.78 is 5.27. The monoisotopic (exact) mass is 184 g/mol. The van der Waals surface area contributed by atoms with Gasteiger partial charge >= 0.3 is 0 Å². The van der Waals surface area contributed by atoms with E-state index < -0.39 is 0 Å². The normalized spacial score (nSPS) is 32.1. The second-order valence-corrected chi connectivity index (χ2v) is 4.87. The van der Waals surface area contributed by atoms with Crippen LogP contribution in [0, 0.1) is 5.92 Å². The van der Waals surface area contributed by atoms with Crippen molar-refractivity contribution in [2.75, 3.05) is 26.3 Å². The van der Waals surface area contributed by atoms with Crippen LogP contribution in [0.2, 0.25) is 0 Å². The Labute approximate surface area is 80.2 Å². The van der Waals surface area contributed by atoms with Crippen molar-refractivity contribution in [2.24, 2.45) is 5.92 Å². The topological polar surface area (TPSA) is 33.3 Å². The van der Waals surface area contributed by atoms with Gasteiger partial charge in [-0.3, -0.25) is 0 Å². The molecule has 2 aliphatic heterocycles. The highest BCUT2D eigenvalue weighted by molar-refractivity contribution is 5.02. The number of rotatable bonds is 2. The molecule has 2 saturated heterocycles. The smallest absolute Gasteiger partial charge is 0.0782 e. The van der Waals surface area contributed by atoms with Crippen molar-refractivity contribution in [3.8, 4) is 0 Å². The molecule has 76 valence electrons. The summed E-state index contributed by atoms with van der Waals surface area (Å²) in [7, 11) is 0. The molecule has 2 rings (SSSR count). The Balaban J connectivity index is 1.85. The van der Waals surface area contributed by atoms with Gasteiger partial charge in [-0.15, -0.1) is 0 Å². The second-order valence-electron chi connectivity index (χ2n) is 4.87. The van der Waals surface area contributed by atoms with Gasteiger partial charge in [-0.2, -0.15) is 0 Å². The highest BCUT2D eigenvalue weighted by Crippen LogP contribution is 2.21. The predicted molar refractivity (Wildman–Crippen MR) is 52.8 cm³/mol. The molecule has 2 N–H and O–H groups in total. The molecular weight excluding hydrogens is 164 g/mol. The van der Waals surface area contributed by atoms with Crippen LogP contribution in [-0.2, 0) is 4.74 Å². The highest BCUT2D eigenvalue weighted by atomic mass is 16.5. The van der Waals surface area contributed by atoms with Crippen LogP contribution < -0.4 is 10.6 Å². The molecule has 0 aromatic carbocycles. The van der Waals surface area contributed by atoms with Crippen LogP contribution in [-0.4, -0.2) is 37.9 Å². The molecular formula is C10H20N2O. The maximum Gasteiger partial charge on any atom is 0.0782 e. The molecule has 3 heteroatoms. The third-order valence-corrected chi connectivity index (χ3v) is 2.88. The average molecular weight is 184 g/mol. The van der Waals surface area contributed by atoms with Crippen molar-refractivity contribution >= 4 is 0 Å². The van der Waals surface area contributed by atoms with E-state index in [0.717, 1.165) is 32.2 Å². The first-order valence-electron chi connectivity index (χ1n) is 5.26. The molecule has 2 aliphatic rings. The average Bonchev–Trinajstić information content (AvgIpc) is 2.01. The van der Waals surface area contributed by atoms with Crippen molar-refractivity contribution in [1.29, 1.82) is 0 Å². The van der Waals surface area contributed by atoms with E-state index in [0.29, 0.717) is 6.04 Å². The lowest BCUT2D eigenvalue weighted by Gasteiger charge is -2.48. The fourth-order valence-corrected chi connectivity index (χ4v) is 2.27. The van der Waals surface area contributed by atoms with E-state index in [4.69, 9.17) is 4.74 Å². The molecule has 2 heterocycles. The maximum absolute atomic E-state index is 5.27. The fourth-order valence-electron chi connectivity index (χ4n) is 2.27. The highest BCUT2D eigenvalue weighted by Gasteiger charge is 2.42. The summed E-state index contributed by atoms with van der Waals surface area (Å²) in [6.45, 7) is 8.51. The summed E-state index contributed by atoms with van der Waals surface area (Å²) in [6, 6.07) is 0.637. The van der Waals surface area contributed by atoms with Gasteiger partial charge in [0.15, 0.2) is 0 Å². The Hall–Kier alpha value is -0.120. The number of hydrogen-bond donors (Lipinski definition) is 2. The van der Waals surface area contributed by atoms with Gasteiger partial charge in [-0.05, 0) is 12.3 Å². The number of nitrogens with one attached hydrogen (secondary N) is 2. The van der Waals surface area contributed by atoms with Crippen LogP contribution in [0.1, 0.15) is 20.3 Å². The molecule has 1 unspecified atom stereocenters. The molecule has 1 atom stereocenters. The summed E-state index contributed by atoms with van der Waals surface area (Å²) in [6.07, 6.45) is 1.26. The Kier molecular flexibility index (Phi) is 2.58. The lowest BCUT2D eigenvalue weighted by atomic mass is 9.91. The molecule has 2 fully saturated rings. The first-order chi connectivity index (χ1) is 6.20. The van der Waals surface area contributed by atoms with Crippen LogP contribution in [0.25, 0.3) is 0 Å². The van der Waals surface area contributed by atoms with Gasteiger partial charge in [-0.25, -0.2) is 0 Å². The van der Waals surface area contributed by atoms with E-state index >= 15 is 0 Å². The molecule has 3 nitrogen and oxygen atoms in total. The Morgan fingerprint density at radius 3 is 2.77 bits per heavy atom. The van der Waals surface area contributed by atoms with Gasteiger partial charge in [0.25, 0.3) is 0 Å². The quantitative estimate of drug-likeness (QED) is 0.650. The lowest BCUT2D eigenvalue weighted by molar-refractivity contribution is -0.0874. The molecule has 13 heavy (non-hydrogen) atoms. The Morgan fingerprint density at radius 2 is 2.23 bits per heavy atom. The first-order valence-corrected chi connectivity index (χ1v) is 5.26. The van der Waals surface area contributed by atoms with Gasteiger partial charge in [0.2, 0.25) is 0 Å². The van der Waals surface area contributed by atoms with E-state index in [-0.39, 0.29) is 5.54 Å². The van der Waals surface area contributed by atoms with Crippen LogP contribution in [0.3, 0.4) is 0 Å². The van der Waals surface area contributed by atoms with Crippen molar-refractivity contribution in [2.45, 2.75) is 31.8 Å². The summed E-state index contributed by atoms with van der Waals surface area (Å²) >= 11 is 0. The van der Waals surface area contributed by atoms with Crippen LogP contribution in [0.4, 0.5) is 0 Å². The molecule has 0 bridgehead atoms. The van der Waals surface area contributed by atoms with Crippen molar-refractivity contribution in [1.82, 2.24) is 10.6 Å². The zero-order valence-electron chi connectivity index (χ0n) is 8.60. The number of piperazine rings is 1. The standard InChI is InChI=1S/C10H20N2O/c1-8(2)3-9-4-11-5-10(12-9)6-13-7-10/h8-9,11-12H,3-7H2,1-2H3. The van der Waals surface area contributed by atoms with Crippen LogP contribution in [0.15, 0.2) is 0 Å². The zero-order chi connectivity index (χ0) is 9.31. The maximum atomic E-state index is 5.27. The molecule has 0 aromatic heterocycles.